The highest BCUT2D eigenvalue weighted by molar-refractivity contribution is 9.10. The summed E-state index contributed by atoms with van der Waals surface area (Å²) in [6.07, 6.45) is 0. The summed E-state index contributed by atoms with van der Waals surface area (Å²) in [5.74, 6) is -1.06. The summed E-state index contributed by atoms with van der Waals surface area (Å²) in [5.41, 5.74) is 5.52. The molecule has 1 rings (SSSR count). The van der Waals surface area contributed by atoms with Crippen molar-refractivity contribution in [3.63, 3.8) is 0 Å². The van der Waals surface area contributed by atoms with E-state index in [9.17, 15) is 9.18 Å². The molecule has 18 heavy (non-hydrogen) atoms. The van der Waals surface area contributed by atoms with E-state index in [0.29, 0.717) is 11.5 Å². The Hall–Kier alpha value is -1.01. The summed E-state index contributed by atoms with van der Waals surface area (Å²) in [6.45, 7) is 2.18. The maximum Gasteiger partial charge on any atom is 0.256 e. The normalized spacial score (nSPS) is 12.0. The Morgan fingerprint density at radius 2 is 2.22 bits per heavy atom. The number of hydrogen-bond donors (Lipinski definition) is 1. The molecule has 0 aliphatic heterocycles. The van der Waals surface area contributed by atoms with E-state index in [1.54, 1.807) is 19.2 Å². The standard InChI is InChI=1S/C12H14BrFN2OS/c1-7(11(15)18)6-16(2)12(17)8-4-3-5-9(13)10(8)14/h3-5,7H,6H2,1-2H3,(H2,15,18). The number of nitrogens with zero attached hydrogens (tertiary/aromatic N) is 1. The second kappa shape index (κ2) is 6.24. The molecule has 0 saturated heterocycles. The van der Waals surface area contributed by atoms with E-state index in [-0.39, 0.29) is 16.0 Å². The zero-order chi connectivity index (χ0) is 13.9. The third kappa shape index (κ3) is 3.49. The van der Waals surface area contributed by atoms with Gasteiger partial charge in [0.15, 0.2) is 0 Å². The van der Waals surface area contributed by atoms with Crippen LogP contribution in [0.5, 0.6) is 0 Å². The van der Waals surface area contributed by atoms with Gasteiger partial charge in [0.05, 0.1) is 15.0 Å². The van der Waals surface area contributed by atoms with Gasteiger partial charge >= 0.3 is 0 Å². The first-order valence-electron chi connectivity index (χ1n) is 5.33. The van der Waals surface area contributed by atoms with Crippen LogP contribution in [0.4, 0.5) is 4.39 Å². The molecule has 98 valence electrons. The summed E-state index contributed by atoms with van der Waals surface area (Å²) in [5, 5.41) is 0. The average molecular weight is 333 g/mol. The molecule has 0 aliphatic rings. The van der Waals surface area contributed by atoms with Crippen molar-refractivity contribution in [3.8, 4) is 0 Å². The van der Waals surface area contributed by atoms with Crippen LogP contribution in [0.1, 0.15) is 17.3 Å². The quantitative estimate of drug-likeness (QED) is 0.862. The molecule has 2 N–H and O–H groups in total. The number of rotatable bonds is 4. The molecule has 0 bridgehead atoms. The number of thiocarbonyl (C=S) groups is 1. The Kier molecular flexibility index (Phi) is 5.22. The van der Waals surface area contributed by atoms with Crippen LogP contribution < -0.4 is 5.73 Å². The lowest BCUT2D eigenvalue weighted by molar-refractivity contribution is 0.0782. The maximum atomic E-state index is 13.8. The van der Waals surface area contributed by atoms with E-state index in [1.807, 2.05) is 6.92 Å². The average Bonchev–Trinajstić information content (AvgIpc) is 2.31. The lowest BCUT2D eigenvalue weighted by atomic mass is 10.1. The first kappa shape index (κ1) is 15.0. The highest BCUT2D eigenvalue weighted by Crippen LogP contribution is 2.19. The van der Waals surface area contributed by atoms with E-state index < -0.39 is 11.7 Å². The Morgan fingerprint density at radius 3 is 2.78 bits per heavy atom. The SMILES string of the molecule is CC(CN(C)C(=O)c1cccc(Br)c1F)C(N)=S. The van der Waals surface area contributed by atoms with Crippen molar-refractivity contribution in [1.29, 1.82) is 0 Å². The van der Waals surface area contributed by atoms with Gasteiger partial charge in [-0.3, -0.25) is 4.79 Å². The summed E-state index contributed by atoms with van der Waals surface area (Å²) < 4.78 is 14.0. The van der Waals surface area contributed by atoms with Gasteiger partial charge in [0.25, 0.3) is 5.91 Å². The van der Waals surface area contributed by atoms with Gasteiger partial charge in [-0.05, 0) is 28.1 Å². The molecule has 1 aromatic carbocycles. The lowest BCUT2D eigenvalue weighted by Crippen LogP contribution is -2.35. The third-order valence-electron chi connectivity index (χ3n) is 2.56. The first-order chi connectivity index (χ1) is 8.34. The van der Waals surface area contributed by atoms with Gasteiger partial charge in [0.1, 0.15) is 5.82 Å². The maximum absolute atomic E-state index is 13.8. The predicted octanol–water partition coefficient (Wildman–Crippen LogP) is 2.58. The second-order valence-electron chi connectivity index (χ2n) is 4.09. The molecule has 0 heterocycles. The zero-order valence-electron chi connectivity index (χ0n) is 10.1. The molecule has 6 heteroatoms. The number of carbonyl (C=O) groups excluding carboxylic acids is 1. The molecule has 0 fully saturated rings. The van der Waals surface area contributed by atoms with Crippen LogP contribution in [0.25, 0.3) is 0 Å². The van der Waals surface area contributed by atoms with Gasteiger partial charge in [-0.15, -0.1) is 0 Å². The number of amides is 1. The summed E-state index contributed by atoms with van der Waals surface area (Å²) in [6, 6.07) is 4.61. The minimum atomic E-state index is -0.558. The fraction of sp³-hybridized carbons (Fsp3) is 0.333. The molecule has 0 aromatic heterocycles. The van der Waals surface area contributed by atoms with Gasteiger partial charge in [-0.2, -0.15) is 0 Å². The zero-order valence-corrected chi connectivity index (χ0v) is 12.5. The van der Waals surface area contributed by atoms with Crippen LogP contribution in [0.2, 0.25) is 0 Å². The van der Waals surface area contributed by atoms with E-state index >= 15 is 0 Å². The van der Waals surface area contributed by atoms with Gasteiger partial charge in [-0.25, -0.2) is 4.39 Å². The van der Waals surface area contributed by atoms with Crippen molar-refractivity contribution in [2.75, 3.05) is 13.6 Å². The van der Waals surface area contributed by atoms with Crippen molar-refractivity contribution in [2.24, 2.45) is 11.7 Å². The van der Waals surface area contributed by atoms with E-state index in [2.05, 4.69) is 15.9 Å². The van der Waals surface area contributed by atoms with Crippen LogP contribution in [0.15, 0.2) is 22.7 Å². The minimum absolute atomic E-state index is 0.0296. The van der Waals surface area contributed by atoms with Gasteiger partial charge in [0.2, 0.25) is 0 Å². The molecule has 1 atom stereocenters. The Balaban J connectivity index is 2.87. The Labute approximate surface area is 119 Å². The summed E-state index contributed by atoms with van der Waals surface area (Å²) in [4.78, 5) is 13.8. The number of nitrogens with two attached hydrogens (primary N) is 1. The van der Waals surface area contributed by atoms with Gasteiger partial charge < -0.3 is 10.6 Å². The highest BCUT2D eigenvalue weighted by atomic mass is 79.9. The Morgan fingerprint density at radius 1 is 1.61 bits per heavy atom. The molecular weight excluding hydrogens is 319 g/mol. The minimum Gasteiger partial charge on any atom is -0.393 e. The smallest absolute Gasteiger partial charge is 0.256 e. The molecule has 1 amide bonds. The molecule has 0 spiro atoms. The van der Waals surface area contributed by atoms with E-state index in [1.165, 1.54) is 11.0 Å². The van der Waals surface area contributed by atoms with E-state index in [4.69, 9.17) is 18.0 Å². The largest absolute Gasteiger partial charge is 0.393 e. The predicted molar refractivity (Wildman–Crippen MR) is 77.0 cm³/mol. The Bertz CT molecular complexity index is 481. The number of carbonyl (C=O) groups is 1. The summed E-state index contributed by atoms with van der Waals surface area (Å²) >= 11 is 7.90. The monoisotopic (exact) mass is 332 g/mol. The van der Waals surface area contributed by atoms with E-state index in [0.717, 1.165) is 0 Å². The molecule has 0 saturated carbocycles. The van der Waals surface area contributed by atoms with Crippen LogP contribution in [-0.2, 0) is 0 Å². The van der Waals surface area contributed by atoms with Crippen LogP contribution >= 0.6 is 28.1 Å². The van der Waals surface area contributed by atoms with Crippen molar-refractivity contribution in [3.05, 3.63) is 34.1 Å². The number of benzene rings is 1. The van der Waals surface area contributed by atoms with Crippen molar-refractivity contribution in [1.82, 2.24) is 4.90 Å². The van der Waals surface area contributed by atoms with Crippen molar-refractivity contribution < 1.29 is 9.18 Å². The number of halogens is 2. The third-order valence-corrected chi connectivity index (χ3v) is 3.58. The fourth-order valence-corrected chi connectivity index (χ4v) is 1.90. The van der Waals surface area contributed by atoms with Crippen LogP contribution in [-0.4, -0.2) is 29.4 Å². The molecule has 3 nitrogen and oxygen atoms in total. The van der Waals surface area contributed by atoms with Gasteiger partial charge in [0, 0.05) is 19.5 Å². The number of hydrogen-bond acceptors (Lipinski definition) is 2. The first-order valence-corrected chi connectivity index (χ1v) is 6.53. The summed E-state index contributed by atoms with van der Waals surface area (Å²) in [7, 11) is 1.59. The van der Waals surface area contributed by atoms with Gasteiger partial charge in [-0.1, -0.05) is 25.2 Å². The van der Waals surface area contributed by atoms with Crippen molar-refractivity contribution >= 4 is 39.0 Å². The molecule has 1 unspecified atom stereocenters. The lowest BCUT2D eigenvalue weighted by Gasteiger charge is -2.21. The molecular formula is C12H14BrFN2OS. The highest BCUT2D eigenvalue weighted by Gasteiger charge is 2.19. The van der Waals surface area contributed by atoms with Crippen LogP contribution in [0.3, 0.4) is 0 Å². The topological polar surface area (TPSA) is 46.3 Å². The van der Waals surface area contributed by atoms with Crippen molar-refractivity contribution in [2.45, 2.75) is 6.92 Å². The van der Waals surface area contributed by atoms with Crippen LogP contribution in [0, 0.1) is 11.7 Å². The molecule has 0 aliphatic carbocycles. The second-order valence-corrected chi connectivity index (χ2v) is 5.42. The fourth-order valence-electron chi connectivity index (χ4n) is 1.46. The molecule has 0 radical (unpaired) electrons. The molecule has 1 aromatic rings.